The van der Waals surface area contributed by atoms with E-state index in [1.165, 1.54) is 19.3 Å². The molecule has 0 bridgehead atoms. The molecular weight excluding hydrogens is 276 g/mol. The minimum Gasteiger partial charge on any atom is -0.381 e. The monoisotopic (exact) mass is 299 g/mol. The van der Waals surface area contributed by atoms with Crippen molar-refractivity contribution in [3.63, 3.8) is 0 Å². The van der Waals surface area contributed by atoms with Crippen LogP contribution in [0.3, 0.4) is 0 Å². The fraction of sp³-hybridized carbons (Fsp3) is 0.625. The molecule has 0 saturated heterocycles. The van der Waals surface area contributed by atoms with Crippen LogP contribution >= 0.6 is 11.8 Å². The lowest BCUT2D eigenvalue weighted by Gasteiger charge is -2.36. The molecule has 2 unspecified atom stereocenters. The standard InChI is InChI=1S/C16H23F2NS/c1-11(2)12-7-3-4-8-13(12)19-14-9-5-6-10-15(14)20-16(17)18/h5-6,9-13,16,19H,3-4,7-8H2,1-2H3. The van der Waals surface area contributed by atoms with Crippen LogP contribution in [-0.2, 0) is 0 Å². The minimum absolute atomic E-state index is 0.406. The summed E-state index contributed by atoms with van der Waals surface area (Å²) in [5.74, 6) is -1.11. The molecule has 0 aliphatic heterocycles. The van der Waals surface area contributed by atoms with Crippen LogP contribution in [0.2, 0.25) is 0 Å². The smallest absolute Gasteiger partial charge is 0.288 e. The highest BCUT2D eigenvalue weighted by Gasteiger charge is 2.27. The van der Waals surface area contributed by atoms with E-state index in [0.717, 1.165) is 12.1 Å². The number of thioether (sulfide) groups is 1. The van der Waals surface area contributed by atoms with E-state index in [0.29, 0.717) is 34.5 Å². The molecule has 0 aromatic heterocycles. The first kappa shape index (κ1) is 15.6. The molecule has 20 heavy (non-hydrogen) atoms. The van der Waals surface area contributed by atoms with Gasteiger partial charge in [-0.1, -0.05) is 50.6 Å². The zero-order valence-corrected chi connectivity index (χ0v) is 12.9. The van der Waals surface area contributed by atoms with Crippen molar-refractivity contribution in [2.24, 2.45) is 11.8 Å². The van der Waals surface area contributed by atoms with Crippen LogP contribution < -0.4 is 5.32 Å². The Kier molecular flexibility index (Phi) is 5.70. The van der Waals surface area contributed by atoms with Gasteiger partial charge in [0.25, 0.3) is 5.76 Å². The molecular formula is C16H23F2NS. The van der Waals surface area contributed by atoms with Crippen molar-refractivity contribution in [1.82, 2.24) is 0 Å². The summed E-state index contributed by atoms with van der Waals surface area (Å²) in [6.07, 6.45) is 4.88. The Morgan fingerprint density at radius 1 is 1.15 bits per heavy atom. The quantitative estimate of drug-likeness (QED) is 0.707. The number of rotatable bonds is 5. The summed E-state index contributed by atoms with van der Waals surface area (Å²) < 4.78 is 25.2. The fourth-order valence-electron chi connectivity index (χ4n) is 3.12. The zero-order valence-electron chi connectivity index (χ0n) is 12.1. The largest absolute Gasteiger partial charge is 0.381 e. The Hall–Kier alpha value is -0.770. The van der Waals surface area contributed by atoms with E-state index >= 15 is 0 Å². The molecule has 0 heterocycles. The third-order valence-electron chi connectivity index (χ3n) is 4.12. The lowest BCUT2D eigenvalue weighted by atomic mass is 9.78. The van der Waals surface area contributed by atoms with E-state index in [1.54, 1.807) is 6.07 Å². The van der Waals surface area contributed by atoms with Gasteiger partial charge in [0, 0.05) is 16.6 Å². The predicted molar refractivity (Wildman–Crippen MR) is 82.5 cm³/mol. The molecule has 1 aliphatic carbocycles. The van der Waals surface area contributed by atoms with E-state index in [2.05, 4.69) is 19.2 Å². The molecule has 1 aliphatic rings. The van der Waals surface area contributed by atoms with Gasteiger partial charge in [-0.05, 0) is 36.8 Å². The molecule has 0 spiro atoms. The first-order valence-electron chi connectivity index (χ1n) is 7.38. The Morgan fingerprint density at radius 2 is 1.85 bits per heavy atom. The molecule has 2 rings (SSSR count). The van der Waals surface area contributed by atoms with Crippen LogP contribution in [0.15, 0.2) is 29.2 Å². The van der Waals surface area contributed by atoms with Gasteiger partial charge in [0.15, 0.2) is 0 Å². The summed E-state index contributed by atoms with van der Waals surface area (Å²) in [5.41, 5.74) is 0.857. The second-order valence-corrected chi connectivity index (χ2v) is 6.85. The number of nitrogens with one attached hydrogen (secondary N) is 1. The fourth-order valence-corrected chi connectivity index (χ4v) is 3.72. The molecule has 1 aromatic carbocycles. The van der Waals surface area contributed by atoms with Gasteiger partial charge >= 0.3 is 0 Å². The second-order valence-electron chi connectivity index (χ2n) is 5.82. The Bertz CT molecular complexity index is 423. The van der Waals surface area contributed by atoms with Crippen molar-refractivity contribution in [3.05, 3.63) is 24.3 Å². The van der Waals surface area contributed by atoms with Gasteiger partial charge < -0.3 is 5.32 Å². The highest BCUT2D eigenvalue weighted by molar-refractivity contribution is 7.99. The summed E-state index contributed by atoms with van der Waals surface area (Å²) in [4.78, 5) is 0.649. The van der Waals surface area contributed by atoms with E-state index in [9.17, 15) is 8.78 Å². The predicted octanol–water partition coefficient (Wildman–Crippen LogP) is 5.63. The average Bonchev–Trinajstić information content (AvgIpc) is 2.41. The van der Waals surface area contributed by atoms with Gasteiger partial charge in [-0.3, -0.25) is 0 Å². The van der Waals surface area contributed by atoms with Crippen LogP contribution in [0, 0.1) is 11.8 Å². The highest BCUT2D eigenvalue weighted by Crippen LogP contribution is 2.36. The second kappa shape index (κ2) is 7.30. The Labute approximate surface area is 124 Å². The third kappa shape index (κ3) is 4.11. The average molecular weight is 299 g/mol. The number of hydrogen-bond donors (Lipinski definition) is 1. The molecule has 1 aromatic rings. The molecule has 1 saturated carbocycles. The molecule has 4 heteroatoms. The van der Waals surface area contributed by atoms with Crippen LogP contribution in [-0.4, -0.2) is 11.8 Å². The van der Waals surface area contributed by atoms with Crippen LogP contribution in [0.25, 0.3) is 0 Å². The van der Waals surface area contributed by atoms with Crippen molar-refractivity contribution in [1.29, 1.82) is 0 Å². The highest BCUT2D eigenvalue weighted by atomic mass is 32.2. The van der Waals surface area contributed by atoms with Crippen LogP contribution in [0.4, 0.5) is 14.5 Å². The van der Waals surface area contributed by atoms with Crippen molar-refractivity contribution < 1.29 is 8.78 Å². The molecule has 1 N–H and O–H groups in total. The topological polar surface area (TPSA) is 12.0 Å². The van der Waals surface area contributed by atoms with E-state index in [4.69, 9.17) is 0 Å². The van der Waals surface area contributed by atoms with E-state index < -0.39 is 5.76 Å². The van der Waals surface area contributed by atoms with Gasteiger partial charge in [-0.15, -0.1) is 0 Å². The lowest BCUT2D eigenvalue weighted by Crippen LogP contribution is -2.35. The van der Waals surface area contributed by atoms with Gasteiger partial charge in [0.05, 0.1) is 0 Å². The lowest BCUT2D eigenvalue weighted by molar-refractivity contribution is 0.251. The van der Waals surface area contributed by atoms with Crippen molar-refractivity contribution in [2.75, 3.05) is 5.32 Å². The van der Waals surface area contributed by atoms with Gasteiger partial charge in [0.1, 0.15) is 0 Å². The summed E-state index contributed by atoms with van der Waals surface area (Å²) >= 11 is 0.627. The summed E-state index contributed by atoms with van der Waals surface area (Å²) in [5, 5.41) is 3.53. The van der Waals surface area contributed by atoms with E-state index in [-0.39, 0.29) is 0 Å². The SMILES string of the molecule is CC(C)C1CCCCC1Nc1ccccc1SC(F)F. The normalized spacial score (nSPS) is 23.3. The van der Waals surface area contributed by atoms with Crippen molar-refractivity contribution in [2.45, 2.75) is 56.2 Å². The number of benzene rings is 1. The minimum atomic E-state index is -2.37. The van der Waals surface area contributed by atoms with Crippen molar-refractivity contribution >= 4 is 17.4 Å². The molecule has 2 atom stereocenters. The number of anilines is 1. The van der Waals surface area contributed by atoms with Gasteiger partial charge in [-0.2, -0.15) is 8.78 Å². The molecule has 0 amide bonds. The third-order valence-corrected chi connectivity index (χ3v) is 4.91. The van der Waals surface area contributed by atoms with Gasteiger partial charge in [0.2, 0.25) is 0 Å². The molecule has 0 radical (unpaired) electrons. The first-order valence-corrected chi connectivity index (χ1v) is 8.26. The maximum atomic E-state index is 12.6. The maximum absolute atomic E-state index is 12.6. The number of halogens is 2. The summed E-state index contributed by atoms with van der Waals surface area (Å²) in [7, 11) is 0. The molecule has 112 valence electrons. The molecule has 1 nitrogen and oxygen atoms in total. The zero-order chi connectivity index (χ0) is 14.5. The van der Waals surface area contributed by atoms with E-state index in [1.807, 2.05) is 18.2 Å². The number of hydrogen-bond acceptors (Lipinski definition) is 2. The van der Waals surface area contributed by atoms with Crippen molar-refractivity contribution in [3.8, 4) is 0 Å². The number of alkyl halides is 2. The number of para-hydroxylation sites is 1. The Morgan fingerprint density at radius 3 is 2.55 bits per heavy atom. The summed E-state index contributed by atoms with van der Waals surface area (Å²) in [6, 6.07) is 7.81. The Balaban J connectivity index is 2.11. The van der Waals surface area contributed by atoms with Crippen LogP contribution in [0.5, 0.6) is 0 Å². The molecule has 1 fully saturated rings. The first-order chi connectivity index (χ1) is 9.58. The maximum Gasteiger partial charge on any atom is 0.288 e. The van der Waals surface area contributed by atoms with Gasteiger partial charge in [-0.25, -0.2) is 0 Å². The summed E-state index contributed by atoms with van der Waals surface area (Å²) in [6.45, 7) is 4.51. The van der Waals surface area contributed by atoms with Crippen LogP contribution in [0.1, 0.15) is 39.5 Å².